The van der Waals surface area contributed by atoms with Crippen LogP contribution in [0.4, 0.5) is 20.6 Å². The molecule has 32 heavy (non-hydrogen) atoms. The lowest BCUT2D eigenvalue weighted by Gasteiger charge is -2.37. The van der Waals surface area contributed by atoms with Crippen molar-refractivity contribution in [2.75, 3.05) is 49.1 Å². The molecule has 2 saturated heterocycles. The van der Waals surface area contributed by atoms with Crippen LogP contribution in [0.25, 0.3) is 0 Å². The van der Waals surface area contributed by atoms with Crippen molar-refractivity contribution in [1.82, 2.24) is 10.2 Å². The standard InChI is InChI=1S/C22H25FN4O2S3/c1-15(30)24-13-17-14-27(22(28)29-17)16-4-5-20(19(23)11-16)25-6-8-26(9-7-25)21(31)12-18-3-2-10-32-18/h2-5,10-11,17H,6-9,12-14H2,1H3,(H,24,30)/t17-/m0/s1. The van der Waals surface area contributed by atoms with Crippen LogP contribution in [0.2, 0.25) is 0 Å². The number of thiophene rings is 1. The number of rotatable bonds is 6. The van der Waals surface area contributed by atoms with Gasteiger partial charge in [-0.1, -0.05) is 30.5 Å². The fourth-order valence-corrected chi connectivity index (χ4v) is 5.11. The summed E-state index contributed by atoms with van der Waals surface area (Å²) in [5.41, 5.74) is 1.04. The van der Waals surface area contributed by atoms with Gasteiger partial charge in [-0.3, -0.25) is 4.90 Å². The van der Waals surface area contributed by atoms with Gasteiger partial charge in [0, 0.05) is 37.5 Å². The van der Waals surface area contributed by atoms with Gasteiger partial charge in [-0.2, -0.15) is 0 Å². The highest BCUT2D eigenvalue weighted by Gasteiger charge is 2.33. The number of carbonyl (C=O) groups excluding carboxylic acids is 1. The third kappa shape index (κ3) is 5.36. The van der Waals surface area contributed by atoms with Gasteiger partial charge in [0.15, 0.2) is 0 Å². The molecule has 2 aliphatic rings. The summed E-state index contributed by atoms with van der Waals surface area (Å²) in [5.74, 6) is -0.346. The van der Waals surface area contributed by atoms with Crippen molar-refractivity contribution in [3.63, 3.8) is 0 Å². The molecule has 170 valence electrons. The third-order valence-electron chi connectivity index (χ3n) is 5.57. The Labute approximate surface area is 201 Å². The lowest BCUT2D eigenvalue weighted by Crippen LogP contribution is -2.49. The van der Waals surface area contributed by atoms with Crippen LogP contribution in [0, 0.1) is 5.82 Å². The minimum Gasteiger partial charge on any atom is -0.442 e. The smallest absolute Gasteiger partial charge is 0.414 e. The van der Waals surface area contributed by atoms with E-state index in [4.69, 9.17) is 29.2 Å². The first kappa shape index (κ1) is 22.9. The summed E-state index contributed by atoms with van der Waals surface area (Å²) >= 11 is 12.3. The average molecular weight is 493 g/mol. The van der Waals surface area contributed by atoms with Crippen molar-refractivity contribution >= 4 is 63.2 Å². The number of nitrogens with zero attached hydrogens (tertiary/aromatic N) is 3. The maximum Gasteiger partial charge on any atom is 0.414 e. The van der Waals surface area contributed by atoms with Crippen LogP contribution in [0.5, 0.6) is 0 Å². The number of anilines is 2. The predicted octanol–water partition coefficient (Wildman–Crippen LogP) is 3.84. The topological polar surface area (TPSA) is 48.0 Å². The largest absolute Gasteiger partial charge is 0.442 e. The second kappa shape index (κ2) is 10.1. The van der Waals surface area contributed by atoms with Crippen molar-refractivity contribution in [3.8, 4) is 0 Å². The number of nitrogens with one attached hydrogen (secondary N) is 1. The second-order valence-electron chi connectivity index (χ2n) is 7.81. The van der Waals surface area contributed by atoms with Crippen LogP contribution >= 0.6 is 35.8 Å². The van der Waals surface area contributed by atoms with Gasteiger partial charge >= 0.3 is 6.09 Å². The molecule has 1 atom stereocenters. The molecular formula is C22H25FN4O2S3. The van der Waals surface area contributed by atoms with E-state index >= 15 is 0 Å². The Hall–Kier alpha value is -2.30. The normalized spacial score (nSPS) is 18.6. The van der Waals surface area contributed by atoms with Gasteiger partial charge < -0.3 is 19.9 Å². The molecule has 10 heteroatoms. The molecule has 1 amide bonds. The monoisotopic (exact) mass is 492 g/mol. The van der Waals surface area contributed by atoms with E-state index in [0.717, 1.165) is 24.5 Å². The summed E-state index contributed by atoms with van der Waals surface area (Å²) in [6, 6.07) is 9.05. The highest BCUT2D eigenvalue weighted by Crippen LogP contribution is 2.28. The lowest BCUT2D eigenvalue weighted by molar-refractivity contribution is 0.143. The van der Waals surface area contributed by atoms with E-state index in [9.17, 15) is 9.18 Å². The van der Waals surface area contributed by atoms with Gasteiger partial charge in [-0.15, -0.1) is 11.3 Å². The summed E-state index contributed by atoms with van der Waals surface area (Å²) < 4.78 is 20.3. The first-order chi connectivity index (χ1) is 15.4. The van der Waals surface area contributed by atoms with Gasteiger partial charge in [0.2, 0.25) is 0 Å². The van der Waals surface area contributed by atoms with E-state index in [1.165, 1.54) is 15.8 Å². The summed E-state index contributed by atoms with van der Waals surface area (Å²) in [5, 5.41) is 5.06. The van der Waals surface area contributed by atoms with Crippen molar-refractivity contribution in [3.05, 3.63) is 46.4 Å². The number of hydrogen-bond acceptors (Lipinski definition) is 6. The van der Waals surface area contributed by atoms with Crippen LogP contribution in [0.15, 0.2) is 35.7 Å². The van der Waals surface area contributed by atoms with Gasteiger partial charge in [0.1, 0.15) is 11.9 Å². The molecule has 1 N–H and O–H groups in total. The van der Waals surface area contributed by atoms with Crippen molar-refractivity contribution < 1.29 is 13.9 Å². The SMILES string of the molecule is CC(=S)NC[C@H]1CN(c2ccc(N3CCN(C(=S)Cc4cccs4)CC3)c(F)c2)C(=O)O1. The molecule has 1 aromatic carbocycles. The van der Waals surface area contributed by atoms with Crippen LogP contribution in [0.3, 0.4) is 0 Å². The molecule has 0 radical (unpaired) electrons. The van der Waals surface area contributed by atoms with Gasteiger partial charge in [0.05, 0.1) is 34.4 Å². The fraction of sp³-hybridized carbons (Fsp3) is 0.409. The molecule has 0 spiro atoms. The number of benzene rings is 1. The van der Waals surface area contributed by atoms with E-state index in [2.05, 4.69) is 21.7 Å². The zero-order chi connectivity index (χ0) is 22.7. The molecule has 2 fully saturated rings. The number of halogens is 1. The molecule has 0 unspecified atom stereocenters. The van der Waals surface area contributed by atoms with Crippen LogP contribution in [0.1, 0.15) is 11.8 Å². The number of hydrogen-bond donors (Lipinski definition) is 1. The average Bonchev–Trinajstić information content (AvgIpc) is 3.41. The van der Waals surface area contributed by atoms with E-state index in [1.807, 2.05) is 11.0 Å². The zero-order valence-corrected chi connectivity index (χ0v) is 20.2. The highest BCUT2D eigenvalue weighted by molar-refractivity contribution is 7.80. The number of cyclic esters (lactones) is 1. The summed E-state index contributed by atoms with van der Waals surface area (Å²) in [6.07, 6.45) is -0.0178. The van der Waals surface area contributed by atoms with Crippen LogP contribution in [-0.4, -0.2) is 66.3 Å². The van der Waals surface area contributed by atoms with Crippen molar-refractivity contribution in [2.24, 2.45) is 0 Å². The minimum atomic E-state index is -0.473. The summed E-state index contributed by atoms with van der Waals surface area (Å²) in [6.45, 7) is 5.48. The number of ether oxygens (including phenoxy) is 1. The molecule has 1 aromatic heterocycles. The van der Waals surface area contributed by atoms with Crippen molar-refractivity contribution in [2.45, 2.75) is 19.4 Å². The molecule has 2 aromatic rings. The lowest BCUT2D eigenvalue weighted by atomic mass is 10.2. The molecule has 0 aliphatic carbocycles. The van der Waals surface area contributed by atoms with E-state index in [1.54, 1.807) is 30.4 Å². The molecule has 2 aliphatic heterocycles. The molecule has 0 saturated carbocycles. The van der Waals surface area contributed by atoms with E-state index < -0.39 is 6.09 Å². The Balaban J connectivity index is 1.34. The van der Waals surface area contributed by atoms with Crippen LogP contribution in [-0.2, 0) is 11.2 Å². The van der Waals surface area contributed by atoms with Crippen LogP contribution < -0.4 is 15.1 Å². The first-order valence-corrected chi connectivity index (χ1v) is 12.2. The van der Waals surface area contributed by atoms with Crippen molar-refractivity contribution in [1.29, 1.82) is 0 Å². The third-order valence-corrected chi connectivity index (χ3v) is 7.00. The molecule has 6 nitrogen and oxygen atoms in total. The Bertz CT molecular complexity index is 993. The van der Waals surface area contributed by atoms with E-state index in [0.29, 0.717) is 42.5 Å². The Morgan fingerprint density at radius 2 is 2.03 bits per heavy atom. The van der Waals surface area contributed by atoms with E-state index in [-0.39, 0.29) is 11.9 Å². The zero-order valence-electron chi connectivity index (χ0n) is 17.8. The van der Waals surface area contributed by atoms with Gasteiger partial charge in [0.25, 0.3) is 0 Å². The number of thiocarbonyl (C=S) groups is 2. The molecule has 0 bridgehead atoms. The fourth-order valence-electron chi connectivity index (χ4n) is 3.89. The number of carbonyl (C=O) groups is 1. The molecule has 3 heterocycles. The summed E-state index contributed by atoms with van der Waals surface area (Å²) in [4.78, 5) is 20.8. The first-order valence-electron chi connectivity index (χ1n) is 10.5. The van der Waals surface area contributed by atoms with Gasteiger partial charge in [-0.25, -0.2) is 9.18 Å². The maximum absolute atomic E-state index is 15.0. The Kier molecular flexibility index (Phi) is 7.22. The highest BCUT2D eigenvalue weighted by atomic mass is 32.1. The minimum absolute atomic E-state index is 0.325. The quantitative estimate of drug-likeness (QED) is 0.615. The number of amides is 1. The van der Waals surface area contributed by atoms with Gasteiger partial charge in [-0.05, 0) is 36.6 Å². The second-order valence-corrected chi connectivity index (χ2v) is 9.93. The predicted molar refractivity (Wildman–Crippen MR) is 135 cm³/mol. The maximum atomic E-state index is 15.0. The Morgan fingerprint density at radius 1 is 1.25 bits per heavy atom. The number of piperazine rings is 1. The Morgan fingerprint density at radius 3 is 2.69 bits per heavy atom. The molecular weight excluding hydrogens is 467 g/mol. The summed E-state index contributed by atoms with van der Waals surface area (Å²) in [7, 11) is 0. The molecule has 4 rings (SSSR count).